The van der Waals surface area contributed by atoms with Gasteiger partial charge >= 0.3 is 0 Å². The summed E-state index contributed by atoms with van der Waals surface area (Å²) in [5, 5.41) is 7.33. The Balaban J connectivity index is 1.56. The maximum atomic E-state index is 4.67. The topological polar surface area (TPSA) is 51.6 Å². The summed E-state index contributed by atoms with van der Waals surface area (Å²) < 4.78 is 0. The summed E-state index contributed by atoms with van der Waals surface area (Å²) in [6.07, 6.45) is 7.97. The molecule has 0 saturated carbocycles. The lowest BCUT2D eigenvalue weighted by Crippen LogP contribution is -1.95. The van der Waals surface area contributed by atoms with Gasteiger partial charge in [0.25, 0.3) is 0 Å². The van der Waals surface area contributed by atoms with Crippen molar-refractivity contribution in [3.8, 4) is 44.5 Å². The maximum absolute atomic E-state index is 4.67. The van der Waals surface area contributed by atoms with Crippen molar-refractivity contribution < 1.29 is 0 Å². The van der Waals surface area contributed by atoms with Gasteiger partial charge in [-0.2, -0.15) is 0 Å². The monoisotopic (exact) mass is 566 g/mol. The van der Waals surface area contributed by atoms with Gasteiger partial charge in [-0.3, -0.25) is 19.9 Å². The fourth-order valence-corrected chi connectivity index (χ4v) is 6.46. The fraction of sp³-hybridized carbons (Fsp3) is 0.100. The molecule has 0 bridgehead atoms. The molecule has 0 amide bonds. The zero-order chi connectivity index (χ0) is 29.9. The van der Waals surface area contributed by atoms with Crippen LogP contribution in [-0.2, 0) is 0 Å². The summed E-state index contributed by atoms with van der Waals surface area (Å²) in [4.78, 5) is 18.7. The minimum atomic E-state index is 1.00. The van der Waals surface area contributed by atoms with Crippen LogP contribution in [0.1, 0.15) is 22.8 Å². The van der Waals surface area contributed by atoms with Gasteiger partial charge in [0, 0.05) is 69.8 Å². The molecule has 0 radical (unpaired) electrons. The Morgan fingerprint density at radius 1 is 0.318 bits per heavy atom. The predicted octanol–water partition coefficient (Wildman–Crippen LogP) is 10.1. The molecule has 8 aromatic rings. The highest BCUT2D eigenvalue weighted by molar-refractivity contribution is 6.31. The van der Waals surface area contributed by atoms with E-state index in [-0.39, 0.29) is 0 Å². The minimum Gasteiger partial charge on any atom is -0.261 e. The average molecular weight is 567 g/mol. The highest BCUT2D eigenvalue weighted by Crippen LogP contribution is 2.48. The Morgan fingerprint density at radius 3 is 0.773 bits per heavy atom. The summed E-state index contributed by atoms with van der Waals surface area (Å²) in [5.41, 5.74) is 13.1. The van der Waals surface area contributed by atoms with Crippen LogP contribution < -0.4 is 0 Å². The third-order valence-corrected chi connectivity index (χ3v) is 8.79. The number of benzene rings is 4. The molecule has 0 aliphatic heterocycles. The molecule has 0 N–H and O–H groups in total. The van der Waals surface area contributed by atoms with Crippen molar-refractivity contribution in [1.82, 2.24) is 19.9 Å². The number of aromatic nitrogens is 4. The number of hydrogen-bond donors (Lipinski definition) is 0. The van der Waals surface area contributed by atoms with Crippen molar-refractivity contribution in [1.29, 1.82) is 0 Å². The summed E-state index contributed by atoms with van der Waals surface area (Å²) in [7, 11) is 0. The molecule has 0 aliphatic carbocycles. The lowest BCUT2D eigenvalue weighted by atomic mass is 9.82. The van der Waals surface area contributed by atoms with Crippen LogP contribution in [0.3, 0.4) is 0 Å². The average Bonchev–Trinajstić information content (AvgIpc) is 3.05. The normalized spacial score (nSPS) is 11.6. The lowest BCUT2D eigenvalue weighted by molar-refractivity contribution is 1.20. The highest BCUT2D eigenvalue weighted by atomic mass is 14.7. The van der Waals surface area contributed by atoms with E-state index in [4.69, 9.17) is 0 Å². The van der Waals surface area contributed by atoms with Gasteiger partial charge < -0.3 is 0 Å². The first-order valence-electron chi connectivity index (χ1n) is 15.0. The van der Waals surface area contributed by atoms with Gasteiger partial charge in [0.1, 0.15) is 0 Å². The van der Waals surface area contributed by atoms with Crippen LogP contribution in [0.25, 0.3) is 76.8 Å². The van der Waals surface area contributed by atoms with Crippen molar-refractivity contribution in [2.24, 2.45) is 0 Å². The van der Waals surface area contributed by atoms with E-state index in [1.54, 1.807) is 0 Å². The van der Waals surface area contributed by atoms with Gasteiger partial charge in [0.15, 0.2) is 0 Å². The number of hydrogen-bond acceptors (Lipinski definition) is 4. The molecule has 0 atom stereocenters. The molecule has 0 saturated heterocycles. The Bertz CT molecular complexity index is 1990. The third-order valence-electron chi connectivity index (χ3n) is 8.79. The number of aryl methyl sites for hydroxylation is 4. The molecule has 44 heavy (non-hydrogen) atoms. The first kappa shape index (κ1) is 26.2. The SMILES string of the molecule is Cc1ccc(-c2cc(-c3ccc(C)nc3)c3ccc4c(-c5ccc(C)nc5)cc(-c5ccc(C)nc5)c5ccc2c3c54)cn1. The first-order valence-corrected chi connectivity index (χ1v) is 15.0. The molecule has 210 valence electrons. The van der Waals surface area contributed by atoms with Crippen molar-refractivity contribution in [3.05, 3.63) is 132 Å². The molecular formula is C40H30N4. The molecule has 8 rings (SSSR count). The Morgan fingerprint density at radius 2 is 0.568 bits per heavy atom. The molecule has 0 fully saturated rings. The van der Waals surface area contributed by atoms with Gasteiger partial charge in [-0.15, -0.1) is 0 Å². The van der Waals surface area contributed by atoms with E-state index in [0.717, 1.165) is 67.3 Å². The van der Waals surface area contributed by atoms with E-state index in [1.807, 2.05) is 52.5 Å². The first-order chi connectivity index (χ1) is 21.4. The highest BCUT2D eigenvalue weighted by Gasteiger charge is 2.21. The van der Waals surface area contributed by atoms with E-state index < -0.39 is 0 Å². The molecule has 4 heteroatoms. The zero-order valence-electron chi connectivity index (χ0n) is 25.2. The van der Waals surface area contributed by atoms with Crippen molar-refractivity contribution in [2.75, 3.05) is 0 Å². The van der Waals surface area contributed by atoms with Gasteiger partial charge in [0.05, 0.1) is 0 Å². The molecule has 0 unspecified atom stereocenters. The molecular weight excluding hydrogens is 536 g/mol. The number of nitrogens with zero attached hydrogens (tertiary/aromatic N) is 4. The lowest BCUT2D eigenvalue weighted by Gasteiger charge is -2.21. The number of pyridine rings is 4. The molecule has 4 aromatic heterocycles. The zero-order valence-corrected chi connectivity index (χ0v) is 25.2. The van der Waals surface area contributed by atoms with Gasteiger partial charge in [-0.1, -0.05) is 48.5 Å². The van der Waals surface area contributed by atoms with Gasteiger partial charge in [-0.25, -0.2) is 0 Å². The fourth-order valence-electron chi connectivity index (χ4n) is 6.46. The third kappa shape index (κ3) is 4.22. The van der Waals surface area contributed by atoms with Crippen LogP contribution in [0.2, 0.25) is 0 Å². The molecule has 0 aliphatic rings. The van der Waals surface area contributed by atoms with Crippen LogP contribution in [0.4, 0.5) is 0 Å². The Labute approximate surface area is 256 Å². The second kappa shape index (κ2) is 10.1. The van der Waals surface area contributed by atoms with Crippen LogP contribution in [0.15, 0.2) is 110 Å². The predicted molar refractivity (Wildman–Crippen MR) is 182 cm³/mol. The second-order valence-corrected chi connectivity index (χ2v) is 11.8. The Hall–Kier alpha value is -5.48. The van der Waals surface area contributed by atoms with Crippen molar-refractivity contribution in [3.63, 3.8) is 0 Å². The summed E-state index contributed by atoms with van der Waals surface area (Å²) in [5.74, 6) is 0. The van der Waals surface area contributed by atoms with Crippen LogP contribution in [-0.4, -0.2) is 19.9 Å². The standard InChI is InChI=1S/C40H30N4/c1-23-5-9-27(19-41-23)35-17-36(28-10-6-24(2)42-20-28)32-15-16-34-38(30-12-8-26(4)44-22-30)18-37(29-11-7-25(3)43-21-29)33-14-13-31(35)39(32)40(33)34/h5-22H,1-4H3. The van der Waals surface area contributed by atoms with Crippen molar-refractivity contribution in [2.45, 2.75) is 27.7 Å². The van der Waals surface area contributed by atoms with E-state index in [2.05, 4.69) is 105 Å². The minimum absolute atomic E-state index is 1.00. The van der Waals surface area contributed by atoms with E-state index in [9.17, 15) is 0 Å². The summed E-state index contributed by atoms with van der Waals surface area (Å²) in [6.45, 7) is 8.11. The Kier molecular flexibility index (Phi) is 5.98. The molecule has 4 heterocycles. The second-order valence-electron chi connectivity index (χ2n) is 11.8. The van der Waals surface area contributed by atoms with E-state index in [1.165, 1.54) is 32.3 Å². The smallest absolute Gasteiger partial charge is 0.0373 e. The quantitative estimate of drug-likeness (QED) is 0.199. The summed E-state index contributed by atoms with van der Waals surface area (Å²) >= 11 is 0. The van der Waals surface area contributed by atoms with Crippen molar-refractivity contribution >= 4 is 32.3 Å². The van der Waals surface area contributed by atoms with Crippen LogP contribution in [0, 0.1) is 27.7 Å². The number of rotatable bonds is 4. The maximum Gasteiger partial charge on any atom is 0.0373 e. The van der Waals surface area contributed by atoms with Crippen LogP contribution in [0.5, 0.6) is 0 Å². The molecule has 4 nitrogen and oxygen atoms in total. The largest absolute Gasteiger partial charge is 0.261 e. The van der Waals surface area contributed by atoms with E-state index >= 15 is 0 Å². The molecule has 4 aromatic carbocycles. The van der Waals surface area contributed by atoms with Crippen LogP contribution >= 0.6 is 0 Å². The summed E-state index contributed by atoms with van der Waals surface area (Å²) in [6, 6.07) is 30.8. The van der Waals surface area contributed by atoms with Gasteiger partial charge in [-0.05, 0) is 119 Å². The van der Waals surface area contributed by atoms with Gasteiger partial charge in [0.2, 0.25) is 0 Å². The van der Waals surface area contributed by atoms with E-state index in [0.29, 0.717) is 0 Å². The molecule has 0 spiro atoms.